The second kappa shape index (κ2) is 8.89. The fraction of sp³-hybridized carbons (Fsp3) is 0.241. The third-order valence-electron chi connectivity index (χ3n) is 7.98. The van der Waals surface area contributed by atoms with E-state index in [1.54, 1.807) is 29.7 Å². The van der Waals surface area contributed by atoms with E-state index >= 15 is 0 Å². The fourth-order valence-electron chi connectivity index (χ4n) is 6.21. The monoisotopic (exact) mass is 529 g/mol. The maximum absolute atomic E-state index is 13.5. The molecule has 194 valence electrons. The number of nitrogens with one attached hydrogen (secondary N) is 2. The number of benzene rings is 3. The highest BCUT2D eigenvalue weighted by Gasteiger charge is 2.71. The van der Waals surface area contributed by atoms with E-state index in [9.17, 15) is 12.8 Å². The van der Waals surface area contributed by atoms with Crippen LogP contribution < -0.4 is 5.32 Å². The van der Waals surface area contributed by atoms with Crippen LogP contribution in [0.15, 0.2) is 84.0 Å². The summed E-state index contributed by atoms with van der Waals surface area (Å²) in [5.74, 6) is -0.0321. The smallest absolute Gasteiger partial charge is 0.262 e. The van der Waals surface area contributed by atoms with E-state index in [2.05, 4.69) is 22.5 Å². The van der Waals surface area contributed by atoms with Crippen molar-refractivity contribution in [1.29, 1.82) is 5.41 Å². The van der Waals surface area contributed by atoms with E-state index in [1.165, 1.54) is 34.7 Å². The Labute approximate surface area is 221 Å². The zero-order chi connectivity index (χ0) is 26.7. The lowest BCUT2D eigenvalue weighted by atomic mass is 9.86. The molecule has 0 bridgehead atoms. The van der Waals surface area contributed by atoms with Crippen molar-refractivity contribution in [3.8, 4) is 0 Å². The Kier molecular flexibility index (Phi) is 5.73. The van der Waals surface area contributed by atoms with Gasteiger partial charge in [-0.3, -0.25) is 4.68 Å². The number of halogens is 1. The fourth-order valence-corrected chi connectivity index (χ4v) is 7.68. The summed E-state index contributed by atoms with van der Waals surface area (Å²) < 4.78 is 43.5. The van der Waals surface area contributed by atoms with E-state index in [-0.39, 0.29) is 22.7 Å². The van der Waals surface area contributed by atoms with Crippen LogP contribution in [0.3, 0.4) is 0 Å². The van der Waals surface area contributed by atoms with Crippen LogP contribution in [0.25, 0.3) is 0 Å². The summed E-state index contributed by atoms with van der Waals surface area (Å²) in [7, 11) is -2.03. The SMILES string of the molecule is Cc1cc(Nc2ccc(F)cc2)c(C=N)cc1[C@@]12CN(S(=O)(=O)c3ccn(C)n3)C[C@@H]1[C@H]2c1ccccc1. The van der Waals surface area contributed by atoms with Crippen molar-refractivity contribution in [3.05, 3.63) is 107 Å². The van der Waals surface area contributed by atoms with E-state index < -0.39 is 15.4 Å². The summed E-state index contributed by atoms with van der Waals surface area (Å²) in [5.41, 5.74) is 5.01. The number of piperidine rings is 1. The minimum atomic E-state index is -3.74. The predicted molar refractivity (Wildman–Crippen MR) is 145 cm³/mol. The van der Waals surface area contributed by atoms with Gasteiger partial charge in [0.25, 0.3) is 10.0 Å². The Morgan fingerprint density at radius 3 is 2.50 bits per heavy atom. The molecule has 3 atom stereocenters. The summed E-state index contributed by atoms with van der Waals surface area (Å²) >= 11 is 0. The largest absolute Gasteiger partial charge is 0.355 e. The Morgan fingerprint density at radius 1 is 1.11 bits per heavy atom. The highest BCUT2D eigenvalue weighted by atomic mass is 32.2. The molecular weight excluding hydrogens is 501 g/mol. The number of rotatable bonds is 7. The average molecular weight is 530 g/mol. The van der Waals surface area contributed by atoms with Gasteiger partial charge in [0.2, 0.25) is 0 Å². The van der Waals surface area contributed by atoms with Crippen LogP contribution in [0.5, 0.6) is 0 Å². The highest BCUT2D eigenvalue weighted by Crippen LogP contribution is 2.70. The minimum Gasteiger partial charge on any atom is -0.355 e. The number of hydrogen-bond donors (Lipinski definition) is 2. The third kappa shape index (κ3) is 3.85. The van der Waals surface area contributed by atoms with E-state index in [0.29, 0.717) is 18.7 Å². The molecule has 6 rings (SSSR count). The molecule has 2 aliphatic rings. The van der Waals surface area contributed by atoms with Crippen molar-refractivity contribution in [3.63, 3.8) is 0 Å². The lowest BCUT2D eigenvalue weighted by Crippen LogP contribution is -2.35. The number of sulfonamides is 1. The second-order valence-corrected chi connectivity index (χ2v) is 12.1. The molecule has 1 saturated heterocycles. The van der Waals surface area contributed by atoms with Gasteiger partial charge in [-0.15, -0.1) is 0 Å². The first-order valence-electron chi connectivity index (χ1n) is 12.5. The van der Waals surface area contributed by atoms with Gasteiger partial charge in [-0.25, -0.2) is 12.8 Å². The maximum Gasteiger partial charge on any atom is 0.262 e. The molecule has 38 heavy (non-hydrogen) atoms. The standard InChI is InChI=1S/C29H28FN5O2S/c1-19-14-26(32-23-10-8-22(30)9-11-23)21(16-31)15-24(19)29-18-35(38(36,37)27-12-13-34(2)33-27)17-25(29)28(29)20-6-4-3-5-7-20/h3-16,25,28,31-32H,17-18H2,1-2H3/t25-,28-,29+/m1/s1. The molecule has 0 unspecified atom stereocenters. The molecule has 1 aliphatic carbocycles. The van der Waals surface area contributed by atoms with Gasteiger partial charge in [-0.1, -0.05) is 30.3 Å². The summed E-state index contributed by atoms with van der Waals surface area (Å²) in [6.07, 6.45) is 2.94. The number of anilines is 2. The number of nitrogens with zero attached hydrogens (tertiary/aromatic N) is 3. The number of fused-ring (bicyclic) bond motifs is 1. The molecule has 0 spiro atoms. The molecule has 3 aromatic carbocycles. The summed E-state index contributed by atoms with van der Waals surface area (Å²) in [5, 5.41) is 15.7. The molecule has 2 fully saturated rings. The van der Waals surface area contributed by atoms with Crippen molar-refractivity contribution in [2.24, 2.45) is 13.0 Å². The van der Waals surface area contributed by atoms with Crippen molar-refractivity contribution >= 4 is 27.6 Å². The first kappa shape index (κ1) is 24.5. The Bertz CT molecular complexity index is 1640. The molecular formula is C29H28FN5O2S. The summed E-state index contributed by atoms with van der Waals surface area (Å²) in [6.45, 7) is 2.79. The minimum absolute atomic E-state index is 0.0588. The van der Waals surface area contributed by atoms with Gasteiger partial charge in [0.1, 0.15) is 5.82 Å². The topological polar surface area (TPSA) is 91.1 Å². The van der Waals surface area contributed by atoms with Gasteiger partial charge >= 0.3 is 0 Å². The molecule has 7 nitrogen and oxygen atoms in total. The number of aromatic nitrogens is 2. The zero-order valence-corrected chi connectivity index (χ0v) is 21.9. The van der Waals surface area contributed by atoms with Gasteiger partial charge in [0.15, 0.2) is 5.03 Å². The lowest BCUT2D eigenvalue weighted by molar-refractivity contribution is 0.418. The van der Waals surface area contributed by atoms with Crippen LogP contribution in [-0.2, 0) is 22.5 Å². The van der Waals surface area contributed by atoms with Crippen LogP contribution >= 0.6 is 0 Å². The molecule has 1 saturated carbocycles. The van der Waals surface area contributed by atoms with Crippen LogP contribution in [0.1, 0.15) is 28.2 Å². The first-order valence-corrected chi connectivity index (χ1v) is 13.9. The zero-order valence-electron chi connectivity index (χ0n) is 21.1. The van der Waals surface area contributed by atoms with Crippen molar-refractivity contribution < 1.29 is 12.8 Å². The Morgan fingerprint density at radius 2 is 1.84 bits per heavy atom. The van der Waals surface area contributed by atoms with Crippen LogP contribution in [0, 0.1) is 24.1 Å². The van der Waals surface area contributed by atoms with Crippen molar-refractivity contribution in [2.45, 2.75) is 23.3 Å². The quantitative estimate of drug-likeness (QED) is 0.331. The van der Waals surface area contributed by atoms with Gasteiger partial charge in [-0.05, 0) is 72.0 Å². The van der Waals surface area contributed by atoms with E-state index in [0.717, 1.165) is 22.5 Å². The van der Waals surface area contributed by atoms with E-state index in [4.69, 9.17) is 5.41 Å². The molecule has 1 aliphatic heterocycles. The van der Waals surface area contributed by atoms with Crippen LogP contribution in [-0.4, -0.2) is 41.8 Å². The van der Waals surface area contributed by atoms with Crippen LogP contribution in [0.4, 0.5) is 15.8 Å². The highest BCUT2D eigenvalue weighted by molar-refractivity contribution is 7.89. The number of hydrogen-bond acceptors (Lipinski definition) is 5. The van der Waals surface area contributed by atoms with Gasteiger partial charge in [0.05, 0.1) is 0 Å². The van der Waals surface area contributed by atoms with Crippen LogP contribution in [0.2, 0.25) is 0 Å². The van der Waals surface area contributed by atoms with Crippen molar-refractivity contribution in [1.82, 2.24) is 14.1 Å². The molecule has 2 N–H and O–H groups in total. The predicted octanol–water partition coefficient (Wildman–Crippen LogP) is 4.96. The molecule has 2 heterocycles. The normalized spacial score (nSPS) is 22.7. The molecule has 0 amide bonds. The Hall–Kier alpha value is -3.82. The first-order chi connectivity index (χ1) is 18.2. The van der Waals surface area contributed by atoms with Crippen molar-refractivity contribution in [2.75, 3.05) is 18.4 Å². The molecule has 4 aromatic rings. The average Bonchev–Trinajstić information content (AvgIpc) is 3.18. The van der Waals surface area contributed by atoms with Gasteiger partial charge in [-0.2, -0.15) is 9.40 Å². The van der Waals surface area contributed by atoms with E-state index in [1.807, 2.05) is 37.3 Å². The Balaban J connectivity index is 1.41. The third-order valence-corrected chi connectivity index (χ3v) is 9.68. The molecule has 9 heteroatoms. The summed E-state index contributed by atoms with van der Waals surface area (Å²) in [4.78, 5) is 0. The molecule has 1 aromatic heterocycles. The second-order valence-electron chi connectivity index (χ2n) is 10.2. The summed E-state index contributed by atoms with van der Waals surface area (Å²) in [6, 6.07) is 21.9. The molecule has 0 radical (unpaired) electrons. The lowest BCUT2D eigenvalue weighted by Gasteiger charge is -2.25. The maximum atomic E-state index is 13.5. The van der Waals surface area contributed by atoms with Gasteiger partial charge < -0.3 is 10.7 Å². The van der Waals surface area contributed by atoms with Gasteiger partial charge in [0, 0.05) is 60.8 Å². The number of aryl methyl sites for hydroxylation is 2.